The van der Waals surface area contributed by atoms with E-state index in [2.05, 4.69) is 15.3 Å². The van der Waals surface area contributed by atoms with E-state index in [0.717, 1.165) is 0 Å². The van der Waals surface area contributed by atoms with Gasteiger partial charge in [-0.3, -0.25) is 0 Å². The Morgan fingerprint density at radius 1 is 1.00 bits per heavy atom. The summed E-state index contributed by atoms with van der Waals surface area (Å²) in [5.41, 5.74) is 0. The van der Waals surface area contributed by atoms with Gasteiger partial charge in [-0.1, -0.05) is 12.1 Å². The largest absolute Gasteiger partial charge is 0.493 e. The Balaban J connectivity index is 2.38. The molecule has 1 N–H and O–H groups in total. The van der Waals surface area contributed by atoms with Gasteiger partial charge in [0.15, 0.2) is 17.3 Å². The van der Waals surface area contributed by atoms with E-state index in [-0.39, 0.29) is 0 Å². The number of ether oxygens (including phenoxy) is 3. The van der Waals surface area contributed by atoms with E-state index in [9.17, 15) is 0 Å². The van der Waals surface area contributed by atoms with Crippen molar-refractivity contribution >= 4 is 5.82 Å². The van der Waals surface area contributed by atoms with E-state index in [1.807, 2.05) is 18.2 Å². The Morgan fingerprint density at radius 2 is 1.74 bits per heavy atom. The molecule has 6 heteroatoms. The summed E-state index contributed by atoms with van der Waals surface area (Å²) in [4.78, 5) is 8.13. The first-order chi connectivity index (χ1) is 9.30. The van der Waals surface area contributed by atoms with Crippen LogP contribution in [0.3, 0.4) is 0 Å². The third-order valence-corrected chi connectivity index (χ3v) is 2.49. The van der Waals surface area contributed by atoms with Crippen molar-refractivity contribution in [3.63, 3.8) is 0 Å². The number of hydrogen-bond donors (Lipinski definition) is 1. The normalized spacial score (nSPS) is 9.84. The fourth-order valence-corrected chi connectivity index (χ4v) is 1.60. The fraction of sp³-hybridized carbons (Fsp3) is 0.231. The van der Waals surface area contributed by atoms with E-state index in [0.29, 0.717) is 28.9 Å². The quantitative estimate of drug-likeness (QED) is 0.891. The summed E-state index contributed by atoms with van der Waals surface area (Å²) in [6.45, 7) is 0. The Hall–Kier alpha value is -2.50. The molecule has 0 spiro atoms. The van der Waals surface area contributed by atoms with Crippen molar-refractivity contribution in [2.45, 2.75) is 0 Å². The Kier molecular flexibility index (Phi) is 4.02. The van der Waals surface area contributed by atoms with Crippen LogP contribution in [0.5, 0.6) is 23.1 Å². The zero-order chi connectivity index (χ0) is 13.7. The molecule has 0 bridgehead atoms. The van der Waals surface area contributed by atoms with Gasteiger partial charge in [0.05, 0.1) is 14.2 Å². The molecule has 0 fully saturated rings. The predicted octanol–water partition coefficient (Wildman–Crippen LogP) is 2.33. The molecule has 19 heavy (non-hydrogen) atoms. The van der Waals surface area contributed by atoms with Crippen molar-refractivity contribution in [3.8, 4) is 23.1 Å². The standard InChI is InChI=1S/C13H15N3O3/c1-14-12-11(18-3)13(16-8-15-12)19-10-7-5-4-6-9(10)17-2/h4-8H,1-3H3,(H,14,15,16). The van der Waals surface area contributed by atoms with E-state index in [4.69, 9.17) is 14.2 Å². The van der Waals surface area contributed by atoms with Crippen LogP contribution in [0.25, 0.3) is 0 Å². The zero-order valence-corrected chi connectivity index (χ0v) is 11.0. The molecule has 100 valence electrons. The number of benzene rings is 1. The molecule has 0 saturated carbocycles. The third-order valence-electron chi connectivity index (χ3n) is 2.49. The van der Waals surface area contributed by atoms with Crippen molar-refractivity contribution in [2.24, 2.45) is 0 Å². The van der Waals surface area contributed by atoms with Crippen molar-refractivity contribution < 1.29 is 14.2 Å². The van der Waals surface area contributed by atoms with Crippen LogP contribution in [0.2, 0.25) is 0 Å². The van der Waals surface area contributed by atoms with Gasteiger partial charge in [-0.2, -0.15) is 4.98 Å². The third kappa shape index (κ3) is 2.67. The van der Waals surface area contributed by atoms with Gasteiger partial charge in [0.2, 0.25) is 5.75 Å². The predicted molar refractivity (Wildman–Crippen MR) is 71.2 cm³/mol. The molecule has 0 saturated heterocycles. The number of hydrogen-bond acceptors (Lipinski definition) is 6. The molecule has 0 aliphatic carbocycles. The Labute approximate surface area is 111 Å². The van der Waals surface area contributed by atoms with Gasteiger partial charge >= 0.3 is 0 Å². The summed E-state index contributed by atoms with van der Waals surface area (Å²) in [6.07, 6.45) is 1.40. The molecule has 1 heterocycles. The number of anilines is 1. The molecule has 0 unspecified atom stereocenters. The highest BCUT2D eigenvalue weighted by atomic mass is 16.5. The second-order valence-electron chi connectivity index (χ2n) is 3.56. The fourth-order valence-electron chi connectivity index (χ4n) is 1.60. The van der Waals surface area contributed by atoms with Crippen molar-refractivity contribution in [1.82, 2.24) is 9.97 Å². The topological polar surface area (TPSA) is 65.5 Å². The highest BCUT2D eigenvalue weighted by Crippen LogP contribution is 2.37. The minimum Gasteiger partial charge on any atom is -0.493 e. The first-order valence-electron chi connectivity index (χ1n) is 5.67. The minimum absolute atomic E-state index is 0.325. The highest BCUT2D eigenvalue weighted by Gasteiger charge is 2.14. The van der Waals surface area contributed by atoms with Crippen LogP contribution < -0.4 is 19.5 Å². The highest BCUT2D eigenvalue weighted by molar-refractivity contribution is 5.56. The molecular formula is C13H15N3O3. The van der Waals surface area contributed by atoms with Crippen LogP contribution in [-0.4, -0.2) is 31.2 Å². The van der Waals surface area contributed by atoms with E-state index >= 15 is 0 Å². The Bertz CT molecular complexity index is 561. The minimum atomic E-state index is 0.325. The zero-order valence-electron chi connectivity index (χ0n) is 11.0. The summed E-state index contributed by atoms with van der Waals surface area (Å²) >= 11 is 0. The van der Waals surface area contributed by atoms with E-state index in [1.165, 1.54) is 13.4 Å². The lowest BCUT2D eigenvalue weighted by atomic mass is 10.3. The summed E-state index contributed by atoms with van der Waals surface area (Å²) < 4.78 is 16.2. The maximum absolute atomic E-state index is 5.72. The molecule has 1 aromatic heterocycles. The molecule has 6 nitrogen and oxygen atoms in total. The monoisotopic (exact) mass is 261 g/mol. The maximum Gasteiger partial charge on any atom is 0.268 e. The maximum atomic E-state index is 5.72. The van der Waals surface area contributed by atoms with Crippen molar-refractivity contribution in [3.05, 3.63) is 30.6 Å². The van der Waals surface area contributed by atoms with E-state index in [1.54, 1.807) is 20.2 Å². The average Bonchev–Trinajstić information content (AvgIpc) is 2.47. The van der Waals surface area contributed by atoms with Gasteiger partial charge in [0, 0.05) is 7.05 Å². The Morgan fingerprint density at radius 3 is 2.37 bits per heavy atom. The van der Waals surface area contributed by atoms with E-state index < -0.39 is 0 Å². The van der Waals surface area contributed by atoms with Crippen LogP contribution >= 0.6 is 0 Å². The molecule has 1 aromatic carbocycles. The van der Waals surface area contributed by atoms with Crippen LogP contribution in [0.4, 0.5) is 5.82 Å². The number of methoxy groups -OCH3 is 2. The molecule has 0 radical (unpaired) electrons. The van der Waals surface area contributed by atoms with Crippen LogP contribution in [0.1, 0.15) is 0 Å². The summed E-state index contributed by atoms with van der Waals surface area (Å²) in [6, 6.07) is 7.31. The molecule has 2 aromatic rings. The summed E-state index contributed by atoms with van der Waals surface area (Å²) in [5, 5.41) is 2.91. The summed E-state index contributed by atoms with van der Waals surface area (Å²) in [5.74, 6) is 2.50. The molecule has 0 atom stereocenters. The lowest BCUT2D eigenvalue weighted by Crippen LogP contribution is -2.01. The van der Waals surface area contributed by atoms with Crippen LogP contribution in [-0.2, 0) is 0 Å². The average molecular weight is 261 g/mol. The van der Waals surface area contributed by atoms with Crippen LogP contribution in [0.15, 0.2) is 30.6 Å². The number of nitrogens with zero attached hydrogens (tertiary/aromatic N) is 2. The molecular weight excluding hydrogens is 246 g/mol. The number of aromatic nitrogens is 2. The van der Waals surface area contributed by atoms with Crippen molar-refractivity contribution in [2.75, 3.05) is 26.6 Å². The molecule has 0 amide bonds. The lowest BCUT2D eigenvalue weighted by Gasteiger charge is -2.13. The number of nitrogens with one attached hydrogen (secondary N) is 1. The first kappa shape index (κ1) is 12.9. The van der Waals surface area contributed by atoms with Crippen LogP contribution in [0, 0.1) is 0 Å². The second-order valence-corrected chi connectivity index (χ2v) is 3.56. The number of rotatable bonds is 5. The molecule has 0 aliphatic heterocycles. The van der Waals surface area contributed by atoms with Gasteiger partial charge < -0.3 is 19.5 Å². The lowest BCUT2D eigenvalue weighted by molar-refractivity contribution is 0.348. The SMILES string of the molecule is CNc1ncnc(Oc2ccccc2OC)c1OC. The summed E-state index contributed by atoms with van der Waals surface area (Å²) in [7, 11) is 4.87. The second kappa shape index (κ2) is 5.90. The van der Waals surface area contributed by atoms with Gasteiger partial charge in [-0.05, 0) is 12.1 Å². The number of para-hydroxylation sites is 2. The van der Waals surface area contributed by atoms with Gasteiger partial charge in [0.1, 0.15) is 6.33 Å². The van der Waals surface area contributed by atoms with Gasteiger partial charge in [-0.15, -0.1) is 0 Å². The molecule has 2 rings (SSSR count). The van der Waals surface area contributed by atoms with Gasteiger partial charge in [-0.25, -0.2) is 4.98 Å². The van der Waals surface area contributed by atoms with Crippen molar-refractivity contribution in [1.29, 1.82) is 0 Å². The first-order valence-corrected chi connectivity index (χ1v) is 5.67. The van der Waals surface area contributed by atoms with Gasteiger partial charge in [0.25, 0.3) is 5.88 Å². The smallest absolute Gasteiger partial charge is 0.268 e. The molecule has 0 aliphatic rings.